The summed E-state index contributed by atoms with van der Waals surface area (Å²) in [7, 11) is 1.81. The Balaban J connectivity index is 1.40. The maximum absolute atomic E-state index is 15.5. The molecule has 9 nitrogen and oxygen atoms in total. The fraction of sp³-hybridized carbons (Fsp3) is 0.240. The molecule has 5 heterocycles. The predicted molar refractivity (Wildman–Crippen MR) is 130 cm³/mol. The molecule has 5 aromatic rings. The minimum absolute atomic E-state index is 0.316. The van der Waals surface area contributed by atoms with Gasteiger partial charge in [-0.25, -0.2) is 14.4 Å². The number of fused-ring (bicyclic) bond motifs is 3. The number of rotatable bonds is 5. The molecule has 1 N–H and O–H groups in total. The molecule has 0 radical (unpaired) electrons. The number of nitrogens with one attached hydrogen (secondary N) is 1. The van der Waals surface area contributed by atoms with Crippen LogP contribution in [0.1, 0.15) is 29.9 Å². The molecular formula is C25H22F3N9. The van der Waals surface area contributed by atoms with Crippen LogP contribution < -0.4 is 5.32 Å². The standard InChI is InChI=1S/C25H22F3N9/c1-14-11-29-24(31-20-7-8-30-35(20)3)32-21(14)16-9-19-22-33-34-23(37(22)15(2)12-36(19)13-16)25(27,28)17-5-4-6-18(26)10-17/h4-11,13,15H,12H2,1-3H3,(H,29,31,32)/t15-/m0/s1. The van der Waals surface area contributed by atoms with E-state index in [9.17, 15) is 4.39 Å². The normalized spacial score (nSPS) is 14.9. The number of hydrogen-bond donors (Lipinski definition) is 1. The van der Waals surface area contributed by atoms with Gasteiger partial charge in [0.15, 0.2) is 5.82 Å². The molecule has 188 valence electrons. The summed E-state index contributed by atoms with van der Waals surface area (Å²) in [5, 5.41) is 15.3. The van der Waals surface area contributed by atoms with Crippen LogP contribution in [0.3, 0.4) is 0 Å². The quantitative estimate of drug-likeness (QED) is 0.368. The Morgan fingerprint density at radius 1 is 1.14 bits per heavy atom. The first-order chi connectivity index (χ1) is 17.7. The molecule has 0 fully saturated rings. The first kappa shape index (κ1) is 23.0. The number of alkyl halides is 2. The van der Waals surface area contributed by atoms with Gasteiger partial charge in [0.25, 0.3) is 0 Å². The maximum atomic E-state index is 15.5. The molecule has 1 aliphatic heterocycles. The summed E-state index contributed by atoms with van der Waals surface area (Å²) < 4.78 is 49.7. The zero-order valence-corrected chi connectivity index (χ0v) is 20.2. The van der Waals surface area contributed by atoms with Crippen LogP contribution in [0.5, 0.6) is 0 Å². The van der Waals surface area contributed by atoms with E-state index >= 15 is 8.78 Å². The zero-order valence-electron chi connectivity index (χ0n) is 20.2. The average molecular weight is 506 g/mol. The number of anilines is 2. The molecule has 0 saturated heterocycles. The lowest BCUT2D eigenvalue weighted by atomic mass is 10.1. The molecular weight excluding hydrogens is 483 g/mol. The molecule has 0 aliphatic carbocycles. The molecule has 37 heavy (non-hydrogen) atoms. The van der Waals surface area contributed by atoms with Gasteiger partial charge in [-0.2, -0.15) is 13.9 Å². The van der Waals surface area contributed by atoms with Crippen molar-refractivity contribution >= 4 is 11.8 Å². The van der Waals surface area contributed by atoms with Crippen LogP contribution >= 0.6 is 0 Å². The third-order valence-electron chi connectivity index (χ3n) is 6.50. The van der Waals surface area contributed by atoms with Crippen molar-refractivity contribution in [2.75, 3.05) is 5.32 Å². The summed E-state index contributed by atoms with van der Waals surface area (Å²) >= 11 is 0. The first-order valence-electron chi connectivity index (χ1n) is 11.6. The van der Waals surface area contributed by atoms with Gasteiger partial charge >= 0.3 is 5.92 Å². The lowest BCUT2D eigenvalue weighted by Gasteiger charge is -2.27. The van der Waals surface area contributed by atoms with Crippen molar-refractivity contribution in [1.82, 2.24) is 39.1 Å². The van der Waals surface area contributed by atoms with E-state index in [-0.39, 0.29) is 6.04 Å². The number of aryl methyl sites for hydroxylation is 2. The fourth-order valence-corrected chi connectivity index (χ4v) is 4.66. The van der Waals surface area contributed by atoms with E-state index in [2.05, 4.69) is 25.6 Å². The van der Waals surface area contributed by atoms with Crippen LogP contribution in [-0.4, -0.2) is 39.1 Å². The molecule has 1 aromatic carbocycles. The third kappa shape index (κ3) is 3.76. The van der Waals surface area contributed by atoms with E-state index < -0.39 is 23.1 Å². The highest BCUT2D eigenvalue weighted by atomic mass is 19.3. The molecule has 12 heteroatoms. The van der Waals surface area contributed by atoms with Crippen LogP contribution in [0, 0.1) is 12.7 Å². The van der Waals surface area contributed by atoms with Gasteiger partial charge in [-0.3, -0.25) is 9.25 Å². The van der Waals surface area contributed by atoms with E-state index in [4.69, 9.17) is 4.98 Å². The number of benzene rings is 1. The van der Waals surface area contributed by atoms with Gasteiger partial charge in [0.2, 0.25) is 11.8 Å². The van der Waals surface area contributed by atoms with Crippen molar-refractivity contribution < 1.29 is 13.2 Å². The van der Waals surface area contributed by atoms with E-state index in [1.807, 2.05) is 43.8 Å². The van der Waals surface area contributed by atoms with E-state index in [1.54, 1.807) is 17.1 Å². The lowest BCUT2D eigenvalue weighted by molar-refractivity contribution is 0.0265. The summed E-state index contributed by atoms with van der Waals surface area (Å²) in [5.74, 6) is -3.32. The minimum Gasteiger partial charge on any atom is -0.342 e. The summed E-state index contributed by atoms with van der Waals surface area (Å²) in [4.78, 5) is 9.06. The van der Waals surface area contributed by atoms with Crippen molar-refractivity contribution in [2.45, 2.75) is 32.4 Å². The summed E-state index contributed by atoms with van der Waals surface area (Å²) in [6.45, 7) is 4.16. The average Bonchev–Trinajstić information content (AvgIpc) is 3.59. The van der Waals surface area contributed by atoms with Crippen LogP contribution in [0.2, 0.25) is 0 Å². The Labute approximate surface area is 209 Å². The minimum atomic E-state index is -3.52. The Bertz CT molecular complexity index is 1630. The van der Waals surface area contributed by atoms with E-state index in [1.165, 1.54) is 16.7 Å². The third-order valence-corrected chi connectivity index (χ3v) is 6.50. The Morgan fingerprint density at radius 2 is 1.97 bits per heavy atom. The van der Waals surface area contributed by atoms with Gasteiger partial charge in [0.05, 0.1) is 23.6 Å². The molecule has 6 rings (SSSR count). The molecule has 0 saturated carbocycles. The van der Waals surface area contributed by atoms with Crippen LogP contribution in [-0.2, 0) is 19.5 Å². The number of hydrogen-bond acceptors (Lipinski definition) is 6. The van der Waals surface area contributed by atoms with Gasteiger partial charge < -0.3 is 9.88 Å². The van der Waals surface area contributed by atoms with Gasteiger partial charge in [-0.15, -0.1) is 10.2 Å². The predicted octanol–water partition coefficient (Wildman–Crippen LogP) is 4.84. The molecule has 1 aliphatic rings. The Hall–Kier alpha value is -4.48. The highest BCUT2D eigenvalue weighted by molar-refractivity contribution is 5.71. The zero-order chi connectivity index (χ0) is 25.9. The van der Waals surface area contributed by atoms with Crippen molar-refractivity contribution in [3.8, 4) is 22.8 Å². The van der Waals surface area contributed by atoms with Crippen LogP contribution in [0.15, 0.2) is 55.0 Å². The summed E-state index contributed by atoms with van der Waals surface area (Å²) in [5.41, 5.74) is 2.52. The van der Waals surface area contributed by atoms with Crippen molar-refractivity contribution in [1.29, 1.82) is 0 Å². The second-order valence-electron chi connectivity index (χ2n) is 9.11. The van der Waals surface area contributed by atoms with Crippen LogP contribution in [0.25, 0.3) is 22.8 Å². The first-order valence-corrected chi connectivity index (χ1v) is 11.6. The number of nitrogens with zero attached hydrogens (tertiary/aromatic N) is 8. The molecule has 4 aromatic heterocycles. The second kappa shape index (κ2) is 8.29. The SMILES string of the molecule is Cc1cnc(Nc2ccnn2C)nc1-c1cc2n(c1)C[C@H](C)n1c-2nnc1C(F)(F)c1cccc(F)c1. The van der Waals surface area contributed by atoms with Gasteiger partial charge in [0.1, 0.15) is 11.6 Å². The maximum Gasteiger partial charge on any atom is 0.332 e. The van der Waals surface area contributed by atoms with Gasteiger partial charge in [-0.1, -0.05) is 12.1 Å². The molecule has 0 unspecified atom stereocenters. The number of aromatic nitrogens is 8. The largest absolute Gasteiger partial charge is 0.342 e. The summed E-state index contributed by atoms with van der Waals surface area (Å²) in [6, 6.07) is 7.71. The van der Waals surface area contributed by atoms with Crippen LogP contribution in [0.4, 0.5) is 24.9 Å². The van der Waals surface area contributed by atoms with E-state index in [0.29, 0.717) is 29.7 Å². The Morgan fingerprint density at radius 3 is 2.73 bits per heavy atom. The second-order valence-corrected chi connectivity index (χ2v) is 9.11. The van der Waals surface area contributed by atoms with Crippen molar-refractivity contribution in [2.24, 2.45) is 7.05 Å². The molecule has 0 spiro atoms. The lowest BCUT2D eigenvalue weighted by Crippen LogP contribution is -2.28. The Kier molecular flexibility index (Phi) is 5.14. The van der Waals surface area contributed by atoms with E-state index in [0.717, 1.165) is 29.1 Å². The number of halogens is 3. The monoisotopic (exact) mass is 505 g/mol. The highest BCUT2D eigenvalue weighted by Gasteiger charge is 2.43. The molecule has 0 amide bonds. The van der Waals surface area contributed by atoms with Crippen molar-refractivity contribution in [3.63, 3.8) is 0 Å². The summed E-state index contributed by atoms with van der Waals surface area (Å²) in [6.07, 6.45) is 5.32. The fourth-order valence-electron chi connectivity index (χ4n) is 4.66. The topological polar surface area (TPSA) is 91.3 Å². The molecule has 0 bridgehead atoms. The van der Waals surface area contributed by atoms with Gasteiger partial charge in [-0.05, 0) is 37.6 Å². The van der Waals surface area contributed by atoms with Gasteiger partial charge in [0, 0.05) is 43.2 Å². The van der Waals surface area contributed by atoms with Crippen molar-refractivity contribution in [3.05, 3.63) is 77.8 Å². The smallest absolute Gasteiger partial charge is 0.332 e. The molecule has 1 atom stereocenters. The highest BCUT2D eigenvalue weighted by Crippen LogP contribution is 2.41.